The summed E-state index contributed by atoms with van der Waals surface area (Å²) in [4.78, 5) is 27.0. The zero-order chi connectivity index (χ0) is 20.2. The minimum Gasteiger partial charge on any atom is -0.295 e. The van der Waals surface area contributed by atoms with Crippen LogP contribution in [0.4, 0.5) is 15.8 Å². The molecule has 4 rings (SSSR count). The van der Waals surface area contributed by atoms with Crippen molar-refractivity contribution in [2.75, 3.05) is 4.90 Å². The van der Waals surface area contributed by atoms with E-state index in [4.69, 9.17) is 4.52 Å². The second-order valence-electron chi connectivity index (χ2n) is 6.27. The number of para-hydroxylation sites is 2. The molecule has 3 aromatic carbocycles. The predicted molar refractivity (Wildman–Crippen MR) is 106 cm³/mol. The van der Waals surface area contributed by atoms with Crippen molar-refractivity contribution in [3.63, 3.8) is 0 Å². The predicted octanol–water partition coefficient (Wildman–Crippen LogP) is 4.01. The summed E-state index contributed by atoms with van der Waals surface area (Å²) in [6, 6.07) is 23.7. The Morgan fingerprint density at radius 1 is 0.897 bits per heavy atom. The molecule has 0 saturated carbocycles. The van der Waals surface area contributed by atoms with E-state index in [1.165, 1.54) is 29.2 Å². The van der Waals surface area contributed by atoms with Gasteiger partial charge < -0.3 is 0 Å². The molecule has 1 aromatic heterocycles. The van der Waals surface area contributed by atoms with Crippen LogP contribution in [0.3, 0.4) is 0 Å². The number of rotatable bonds is 5. The van der Waals surface area contributed by atoms with E-state index < -0.39 is 11.6 Å². The van der Waals surface area contributed by atoms with Crippen molar-refractivity contribution in [2.24, 2.45) is 0 Å². The highest BCUT2D eigenvalue weighted by Crippen LogP contribution is 2.26. The highest BCUT2D eigenvalue weighted by molar-refractivity contribution is 6.00. The number of hydrogen-bond acceptors (Lipinski definition) is 4. The Morgan fingerprint density at radius 2 is 1.45 bits per heavy atom. The first-order chi connectivity index (χ1) is 14.1. The molecule has 6 nitrogen and oxygen atoms in total. The number of carbonyl (C=O) groups excluding carboxylic acids is 1. The maximum Gasteiger partial charge on any atom is 0.442 e. The van der Waals surface area contributed by atoms with Gasteiger partial charge >= 0.3 is 5.76 Å². The molecule has 0 aliphatic heterocycles. The Balaban J connectivity index is 1.72. The molecule has 0 radical (unpaired) electrons. The van der Waals surface area contributed by atoms with Gasteiger partial charge in [-0.25, -0.2) is 13.8 Å². The van der Waals surface area contributed by atoms with Crippen LogP contribution in [0.25, 0.3) is 11.4 Å². The molecule has 29 heavy (non-hydrogen) atoms. The number of aromatic nitrogens is 2. The van der Waals surface area contributed by atoms with Gasteiger partial charge in [-0.15, -0.1) is 0 Å². The molecule has 1 amide bonds. The number of hydrogen-bond donors (Lipinski definition) is 0. The van der Waals surface area contributed by atoms with E-state index in [9.17, 15) is 14.0 Å². The molecule has 0 bridgehead atoms. The van der Waals surface area contributed by atoms with E-state index in [-0.39, 0.29) is 18.3 Å². The first kappa shape index (κ1) is 18.4. The van der Waals surface area contributed by atoms with E-state index in [1.54, 1.807) is 0 Å². The lowest BCUT2D eigenvalue weighted by atomic mass is 10.2. The van der Waals surface area contributed by atoms with Crippen molar-refractivity contribution >= 4 is 17.3 Å². The van der Waals surface area contributed by atoms with Crippen molar-refractivity contribution in [1.29, 1.82) is 0 Å². The second kappa shape index (κ2) is 7.93. The fraction of sp³-hybridized carbons (Fsp3) is 0.0455. The average Bonchev–Trinajstić information content (AvgIpc) is 3.11. The van der Waals surface area contributed by atoms with Crippen LogP contribution >= 0.6 is 0 Å². The van der Waals surface area contributed by atoms with Crippen molar-refractivity contribution < 1.29 is 13.7 Å². The zero-order valence-corrected chi connectivity index (χ0v) is 15.2. The molecule has 0 aliphatic rings. The molecule has 4 aromatic rings. The number of amides is 1. The van der Waals surface area contributed by atoms with Crippen LogP contribution in [-0.4, -0.2) is 15.6 Å². The van der Waals surface area contributed by atoms with Crippen molar-refractivity contribution in [3.05, 3.63) is 101 Å². The lowest BCUT2D eigenvalue weighted by Gasteiger charge is -2.23. The maximum atomic E-state index is 13.2. The third kappa shape index (κ3) is 3.84. The Bertz CT molecular complexity index is 1130. The highest BCUT2D eigenvalue weighted by Gasteiger charge is 2.22. The number of carbonyl (C=O) groups is 1. The number of nitrogens with zero attached hydrogens (tertiary/aromatic N) is 3. The van der Waals surface area contributed by atoms with Gasteiger partial charge in [0.1, 0.15) is 12.4 Å². The topological polar surface area (TPSA) is 68.3 Å². The number of anilines is 2. The van der Waals surface area contributed by atoms with Crippen LogP contribution in [0.5, 0.6) is 0 Å². The molecular formula is C22H16FN3O3. The largest absolute Gasteiger partial charge is 0.442 e. The van der Waals surface area contributed by atoms with E-state index in [0.717, 1.165) is 4.57 Å². The van der Waals surface area contributed by atoms with Crippen molar-refractivity contribution in [2.45, 2.75) is 6.54 Å². The first-order valence-electron chi connectivity index (χ1n) is 8.89. The van der Waals surface area contributed by atoms with Crippen LogP contribution in [-0.2, 0) is 11.3 Å². The SMILES string of the molecule is O=C(Cn1c(-c2ccc(F)cc2)noc1=O)N(c1ccccc1)c1ccccc1. The Kier molecular flexibility index (Phi) is 5.03. The van der Waals surface area contributed by atoms with Gasteiger partial charge in [0.2, 0.25) is 0 Å². The van der Waals surface area contributed by atoms with Gasteiger partial charge in [-0.1, -0.05) is 41.6 Å². The van der Waals surface area contributed by atoms with Gasteiger partial charge in [-0.05, 0) is 48.5 Å². The maximum absolute atomic E-state index is 13.2. The summed E-state index contributed by atoms with van der Waals surface area (Å²) in [6.45, 7) is -0.293. The molecular weight excluding hydrogens is 373 g/mol. The summed E-state index contributed by atoms with van der Waals surface area (Å²) in [5.74, 6) is -1.37. The molecule has 0 N–H and O–H groups in total. The lowest BCUT2D eigenvalue weighted by Crippen LogP contribution is -2.32. The van der Waals surface area contributed by atoms with Gasteiger partial charge in [0.25, 0.3) is 5.91 Å². The minimum absolute atomic E-state index is 0.157. The van der Waals surface area contributed by atoms with Crippen LogP contribution in [0.1, 0.15) is 0 Å². The molecule has 7 heteroatoms. The first-order valence-corrected chi connectivity index (χ1v) is 8.89. The summed E-state index contributed by atoms with van der Waals surface area (Å²) >= 11 is 0. The molecule has 0 spiro atoms. The molecule has 0 saturated heterocycles. The smallest absolute Gasteiger partial charge is 0.295 e. The minimum atomic E-state index is -0.765. The van der Waals surface area contributed by atoms with E-state index >= 15 is 0 Å². The van der Waals surface area contributed by atoms with E-state index in [0.29, 0.717) is 16.9 Å². The highest BCUT2D eigenvalue weighted by atomic mass is 19.1. The van der Waals surface area contributed by atoms with Gasteiger partial charge in [-0.3, -0.25) is 14.2 Å². The van der Waals surface area contributed by atoms with E-state index in [1.807, 2.05) is 60.7 Å². The fourth-order valence-electron chi connectivity index (χ4n) is 3.01. The Hall–Kier alpha value is -4.00. The average molecular weight is 389 g/mol. The molecule has 0 fully saturated rings. The molecule has 0 aliphatic carbocycles. The number of halogens is 1. The monoisotopic (exact) mass is 389 g/mol. The third-order valence-electron chi connectivity index (χ3n) is 4.36. The van der Waals surface area contributed by atoms with E-state index in [2.05, 4.69) is 5.16 Å². The van der Waals surface area contributed by atoms with Crippen LogP contribution in [0.2, 0.25) is 0 Å². The Morgan fingerprint density at radius 3 is 2.00 bits per heavy atom. The standard InChI is InChI=1S/C22H16FN3O3/c23-17-13-11-16(12-14-17)21-24-29-22(28)25(21)15-20(27)26(18-7-3-1-4-8-18)19-9-5-2-6-10-19/h1-14H,15H2. The summed E-state index contributed by atoms with van der Waals surface area (Å²) in [5, 5.41) is 3.76. The molecule has 0 unspecified atom stereocenters. The normalized spacial score (nSPS) is 10.7. The zero-order valence-electron chi connectivity index (χ0n) is 15.2. The summed E-state index contributed by atoms with van der Waals surface area (Å²) in [6.07, 6.45) is 0. The van der Waals surface area contributed by atoms with Gasteiger partial charge in [0, 0.05) is 16.9 Å². The molecule has 144 valence electrons. The quantitative estimate of drug-likeness (QED) is 0.517. The van der Waals surface area contributed by atoms with Crippen LogP contribution in [0, 0.1) is 5.82 Å². The molecule has 1 heterocycles. The van der Waals surface area contributed by atoms with Gasteiger partial charge in [0.05, 0.1) is 0 Å². The summed E-state index contributed by atoms with van der Waals surface area (Å²) in [5.41, 5.74) is 1.80. The number of benzene rings is 3. The second-order valence-corrected chi connectivity index (χ2v) is 6.27. The summed E-state index contributed by atoms with van der Waals surface area (Å²) < 4.78 is 19.1. The van der Waals surface area contributed by atoms with Crippen molar-refractivity contribution in [1.82, 2.24) is 9.72 Å². The fourth-order valence-corrected chi connectivity index (χ4v) is 3.01. The summed E-state index contributed by atoms with van der Waals surface area (Å²) in [7, 11) is 0. The molecule has 0 atom stereocenters. The lowest BCUT2D eigenvalue weighted by molar-refractivity contribution is -0.118. The van der Waals surface area contributed by atoms with Gasteiger partial charge in [0.15, 0.2) is 5.82 Å². The van der Waals surface area contributed by atoms with Gasteiger partial charge in [-0.2, -0.15) is 0 Å². The van der Waals surface area contributed by atoms with Crippen LogP contribution in [0.15, 0.2) is 94.2 Å². The van der Waals surface area contributed by atoms with Crippen LogP contribution < -0.4 is 10.7 Å². The third-order valence-corrected chi connectivity index (χ3v) is 4.36. The Labute approximate surface area is 165 Å². The van der Waals surface area contributed by atoms with Crippen molar-refractivity contribution in [3.8, 4) is 11.4 Å².